The van der Waals surface area contributed by atoms with Crippen molar-refractivity contribution in [3.8, 4) is 0 Å². The summed E-state index contributed by atoms with van der Waals surface area (Å²) in [7, 11) is -4.35. The largest absolute Gasteiger partial charge is 0.414 e. The summed E-state index contributed by atoms with van der Waals surface area (Å²) in [6.07, 6.45) is 2.95. The summed E-state index contributed by atoms with van der Waals surface area (Å²) in [5.41, 5.74) is 2.54. The molecule has 1 fully saturated rings. The Bertz CT molecular complexity index is 1330. The van der Waals surface area contributed by atoms with Gasteiger partial charge in [0.2, 0.25) is 0 Å². The van der Waals surface area contributed by atoms with Gasteiger partial charge < -0.3 is 19.6 Å². The van der Waals surface area contributed by atoms with Gasteiger partial charge in [-0.1, -0.05) is 66.8 Å². The fourth-order valence-electron chi connectivity index (χ4n) is 4.88. The summed E-state index contributed by atoms with van der Waals surface area (Å²) in [4.78, 5) is 13.8. The number of halogens is 1. The van der Waals surface area contributed by atoms with Crippen LogP contribution in [0.5, 0.6) is 0 Å². The van der Waals surface area contributed by atoms with Gasteiger partial charge in [-0.2, -0.15) is 0 Å². The predicted octanol–water partition coefficient (Wildman–Crippen LogP) is 7.13. The van der Waals surface area contributed by atoms with Crippen molar-refractivity contribution in [3.05, 3.63) is 46.1 Å². The first-order chi connectivity index (χ1) is 18.4. The van der Waals surface area contributed by atoms with Crippen molar-refractivity contribution < 1.29 is 14.3 Å². The number of nitrogens with one attached hydrogen (secondary N) is 1. The summed E-state index contributed by atoms with van der Waals surface area (Å²) < 4.78 is 16.5. The van der Waals surface area contributed by atoms with E-state index in [4.69, 9.17) is 14.1 Å². The maximum absolute atomic E-state index is 12.5. The normalized spacial score (nSPS) is 22.7. The third kappa shape index (κ3) is 5.91. The van der Waals surface area contributed by atoms with Crippen LogP contribution >= 0.6 is 22.6 Å². The quantitative estimate of drug-likeness (QED) is 0.191. The van der Waals surface area contributed by atoms with E-state index in [0.717, 1.165) is 5.56 Å². The fourth-order valence-corrected chi connectivity index (χ4v) is 9.18. The molecule has 40 heavy (non-hydrogen) atoms. The van der Waals surface area contributed by atoms with Crippen molar-refractivity contribution in [2.75, 3.05) is 11.9 Å². The Hall–Kier alpha value is -1.39. The second kappa shape index (κ2) is 11.0. The predicted molar refractivity (Wildman–Crippen MR) is 176 cm³/mol. The minimum absolute atomic E-state index is 0.0407. The number of ether oxygens (including phenoxy) is 1. The topological polar surface area (TPSA) is 94.3 Å². The van der Waals surface area contributed by atoms with Crippen LogP contribution in [0.4, 0.5) is 5.82 Å². The molecule has 0 aliphatic carbocycles. The SMILES string of the molecule is CC(C)(C)[Si](C)(C)OC[C@H]1O[C@@H](n2cnc3c(NCc4ccc(I)cc4)ncnc32)C[C@@]1(O)[Si](C)(C)C(C)(C)C. The van der Waals surface area contributed by atoms with Gasteiger partial charge in [0.15, 0.2) is 25.3 Å². The highest BCUT2D eigenvalue weighted by atomic mass is 127. The molecule has 1 aromatic carbocycles. The molecule has 2 N–H and O–H groups in total. The van der Waals surface area contributed by atoms with E-state index in [1.807, 2.05) is 4.57 Å². The highest BCUT2D eigenvalue weighted by Gasteiger charge is 2.62. The van der Waals surface area contributed by atoms with E-state index in [1.54, 1.807) is 12.7 Å². The van der Waals surface area contributed by atoms with Crippen LogP contribution in [0.2, 0.25) is 36.3 Å². The number of benzene rings is 1. The van der Waals surface area contributed by atoms with Gasteiger partial charge in [0.1, 0.15) is 18.7 Å². The molecule has 0 bridgehead atoms. The summed E-state index contributed by atoms with van der Waals surface area (Å²) >= 11 is 2.31. The van der Waals surface area contributed by atoms with Gasteiger partial charge in [-0.15, -0.1) is 0 Å². The second-order valence-corrected chi connectivity index (χ2v) is 25.9. The van der Waals surface area contributed by atoms with Crippen LogP contribution in [0, 0.1) is 3.57 Å². The van der Waals surface area contributed by atoms with Crippen LogP contribution in [-0.4, -0.2) is 59.0 Å². The smallest absolute Gasteiger partial charge is 0.192 e. The molecule has 0 spiro atoms. The molecule has 2 aromatic heterocycles. The number of hydrogen-bond acceptors (Lipinski definition) is 7. The number of hydrogen-bond donors (Lipinski definition) is 2. The lowest BCUT2D eigenvalue weighted by atomic mass is 10.1. The summed E-state index contributed by atoms with van der Waals surface area (Å²) in [5, 5.41) is 15.0. The Kier molecular flexibility index (Phi) is 8.70. The van der Waals surface area contributed by atoms with Crippen LogP contribution in [0.15, 0.2) is 36.9 Å². The van der Waals surface area contributed by atoms with Gasteiger partial charge in [-0.05, 0) is 63.5 Å². The standard InChI is InChI=1S/C29H46IN5O3Si2/c1-27(2,3)39(7,8)29(36)15-23(38-22(29)17-37-40(9,10)28(4,5)6)35-19-34-24-25(32-18-33-26(24)35)31-16-20-11-13-21(30)14-12-20/h11-14,18-19,22-23,36H,15-17H2,1-10H3,(H,31,32,33)/t22-,23-,29-/m1/s1. The highest BCUT2D eigenvalue weighted by Crippen LogP contribution is 2.52. The van der Waals surface area contributed by atoms with Crippen LogP contribution in [0.25, 0.3) is 11.2 Å². The Labute approximate surface area is 255 Å². The molecule has 1 aliphatic heterocycles. The second-order valence-electron chi connectivity index (χ2n) is 14.2. The highest BCUT2D eigenvalue weighted by molar-refractivity contribution is 14.1. The molecule has 4 rings (SSSR count). The molecule has 11 heteroatoms. The number of aromatic nitrogens is 4. The van der Waals surface area contributed by atoms with E-state index in [1.165, 1.54) is 3.57 Å². The summed E-state index contributed by atoms with van der Waals surface area (Å²) in [6, 6.07) is 8.39. The van der Waals surface area contributed by atoms with Crippen LogP contribution in [-0.2, 0) is 15.7 Å². The zero-order chi connectivity index (χ0) is 29.7. The molecule has 0 amide bonds. The Balaban J connectivity index is 1.64. The van der Waals surface area contributed by atoms with E-state index < -0.39 is 33.9 Å². The third-order valence-corrected chi connectivity index (χ3v) is 21.4. The first-order valence-corrected chi connectivity index (χ1v) is 21.0. The number of anilines is 1. The molecular formula is C29H46IN5O3Si2. The molecule has 220 valence electrons. The first kappa shape index (κ1) is 31.5. The van der Waals surface area contributed by atoms with Crippen molar-refractivity contribution in [3.63, 3.8) is 0 Å². The summed E-state index contributed by atoms with van der Waals surface area (Å²) in [5.74, 6) is 0.678. The van der Waals surface area contributed by atoms with Gasteiger partial charge in [0.25, 0.3) is 0 Å². The van der Waals surface area contributed by atoms with Crippen molar-refractivity contribution in [1.29, 1.82) is 0 Å². The molecule has 1 saturated heterocycles. The molecule has 8 nitrogen and oxygen atoms in total. The van der Waals surface area contributed by atoms with E-state index in [2.05, 4.69) is 130 Å². The lowest BCUT2D eigenvalue weighted by Crippen LogP contribution is -2.65. The van der Waals surface area contributed by atoms with E-state index in [0.29, 0.717) is 36.6 Å². The molecular weight excluding hydrogens is 649 g/mol. The van der Waals surface area contributed by atoms with Gasteiger partial charge in [-0.3, -0.25) is 4.57 Å². The maximum atomic E-state index is 12.5. The number of nitrogens with zero attached hydrogens (tertiary/aromatic N) is 4. The van der Waals surface area contributed by atoms with Gasteiger partial charge in [-0.25, -0.2) is 15.0 Å². The summed E-state index contributed by atoms with van der Waals surface area (Å²) in [6.45, 7) is 23.5. The van der Waals surface area contributed by atoms with Crippen LogP contribution in [0.1, 0.15) is 59.8 Å². The zero-order valence-corrected chi connectivity index (χ0v) is 29.8. The Morgan fingerprint density at radius 1 is 1.05 bits per heavy atom. The van der Waals surface area contributed by atoms with Gasteiger partial charge >= 0.3 is 0 Å². The Morgan fingerprint density at radius 3 is 2.30 bits per heavy atom. The lowest BCUT2D eigenvalue weighted by molar-refractivity contribution is -0.0549. The number of imidazole rings is 1. The number of fused-ring (bicyclic) bond motifs is 1. The van der Waals surface area contributed by atoms with Crippen molar-refractivity contribution in [2.45, 2.75) is 108 Å². The molecule has 1 aliphatic rings. The van der Waals surface area contributed by atoms with Gasteiger partial charge in [0.05, 0.1) is 26.2 Å². The minimum atomic E-state index is -2.30. The monoisotopic (exact) mass is 695 g/mol. The van der Waals surface area contributed by atoms with Crippen LogP contribution in [0.3, 0.4) is 0 Å². The number of rotatable bonds is 8. The van der Waals surface area contributed by atoms with Crippen molar-refractivity contribution in [2.24, 2.45) is 0 Å². The molecule has 3 aromatic rings. The molecule has 3 heterocycles. The average molecular weight is 696 g/mol. The van der Waals surface area contributed by atoms with Crippen molar-refractivity contribution >= 4 is 56.0 Å². The molecule has 0 radical (unpaired) electrons. The third-order valence-electron chi connectivity index (χ3n) is 9.74. The fraction of sp³-hybridized carbons (Fsp3) is 0.621. The zero-order valence-electron chi connectivity index (χ0n) is 25.7. The lowest BCUT2D eigenvalue weighted by Gasteiger charge is -2.49. The van der Waals surface area contributed by atoms with Crippen molar-refractivity contribution in [1.82, 2.24) is 19.5 Å². The number of aliphatic hydroxyl groups is 1. The molecule has 3 atom stereocenters. The first-order valence-electron chi connectivity index (χ1n) is 14.0. The molecule has 0 unspecified atom stereocenters. The van der Waals surface area contributed by atoms with Crippen LogP contribution < -0.4 is 5.32 Å². The van der Waals surface area contributed by atoms with E-state index in [9.17, 15) is 5.11 Å². The average Bonchev–Trinajstić information content (AvgIpc) is 3.43. The maximum Gasteiger partial charge on any atom is 0.192 e. The Morgan fingerprint density at radius 2 is 1.70 bits per heavy atom. The minimum Gasteiger partial charge on any atom is -0.414 e. The van der Waals surface area contributed by atoms with Gasteiger partial charge in [0, 0.05) is 16.5 Å². The molecule has 0 saturated carbocycles. The van der Waals surface area contributed by atoms with E-state index >= 15 is 0 Å². The van der Waals surface area contributed by atoms with E-state index in [-0.39, 0.29) is 10.1 Å².